The van der Waals surface area contributed by atoms with E-state index in [1.165, 1.54) is 37.3 Å². The van der Waals surface area contributed by atoms with E-state index in [4.69, 9.17) is 4.74 Å². The van der Waals surface area contributed by atoms with E-state index in [0.717, 1.165) is 12.3 Å². The fourth-order valence-electron chi connectivity index (χ4n) is 2.31. The van der Waals surface area contributed by atoms with Crippen LogP contribution in [0.15, 0.2) is 41.3 Å². The number of nitrogens with zero attached hydrogens (tertiary/aromatic N) is 1. The number of nitrogens with one attached hydrogen (secondary N) is 1. The minimum atomic E-state index is -4.48. The first-order valence-corrected chi connectivity index (χ1v) is 9.32. The van der Waals surface area contributed by atoms with Crippen LogP contribution >= 0.6 is 0 Å². The van der Waals surface area contributed by atoms with Crippen LogP contribution in [-0.2, 0) is 9.84 Å². The number of sulfone groups is 1. The van der Waals surface area contributed by atoms with E-state index in [2.05, 4.69) is 5.32 Å². The van der Waals surface area contributed by atoms with Crippen LogP contribution < -0.4 is 10.1 Å². The van der Waals surface area contributed by atoms with Gasteiger partial charge in [-0.3, -0.25) is 10.1 Å². The van der Waals surface area contributed by atoms with Crippen molar-refractivity contribution in [3.8, 4) is 5.75 Å². The summed E-state index contributed by atoms with van der Waals surface area (Å²) in [6, 6.07) is 7.89. The Morgan fingerprint density at radius 3 is 2.41 bits per heavy atom. The molecule has 0 radical (unpaired) electrons. The number of aryl methyl sites for hydroxylation is 1. The minimum absolute atomic E-state index is 0.0114. The molecule has 7 nitrogen and oxygen atoms in total. The van der Waals surface area contributed by atoms with Gasteiger partial charge in [-0.15, -0.1) is 0 Å². The molecule has 2 aromatic rings. The maximum atomic E-state index is 12.2. The van der Waals surface area contributed by atoms with E-state index in [1.54, 1.807) is 0 Å². The Morgan fingerprint density at radius 2 is 1.89 bits per heavy atom. The molecule has 0 amide bonds. The van der Waals surface area contributed by atoms with Crippen molar-refractivity contribution in [1.82, 2.24) is 0 Å². The summed E-state index contributed by atoms with van der Waals surface area (Å²) in [6.45, 7) is 0.0702. The first kappa shape index (κ1) is 20.5. The summed E-state index contributed by atoms with van der Waals surface area (Å²) in [6.07, 6.45) is -3.62. The predicted octanol–water partition coefficient (Wildman–Crippen LogP) is 3.99. The molecule has 11 heteroatoms. The molecular formula is C16H15F3N2O5S. The molecule has 0 bridgehead atoms. The lowest BCUT2D eigenvalue weighted by Crippen LogP contribution is -2.19. The molecule has 0 aliphatic heterocycles. The summed E-state index contributed by atoms with van der Waals surface area (Å²) in [5.74, 6) is 0.0114. The normalized spacial score (nSPS) is 11.9. The van der Waals surface area contributed by atoms with E-state index in [-0.39, 0.29) is 11.4 Å². The quantitative estimate of drug-likeness (QED) is 0.577. The number of halogens is 3. The zero-order valence-electron chi connectivity index (χ0n) is 14.2. The average molecular weight is 404 g/mol. The van der Waals surface area contributed by atoms with E-state index in [1.807, 2.05) is 0 Å². The molecule has 0 aliphatic rings. The first-order valence-electron chi connectivity index (χ1n) is 7.43. The Labute approximate surface area is 152 Å². The summed E-state index contributed by atoms with van der Waals surface area (Å²) in [5, 5.41) is 14.1. The lowest BCUT2D eigenvalue weighted by atomic mass is 10.2. The van der Waals surface area contributed by atoms with Crippen molar-refractivity contribution < 1.29 is 31.2 Å². The Morgan fingerprint density at radius 1 is 1.22 bits per heavy atom. The van der Waals surface area contributed by atoms with Crippen molar-refractivity contribution in [1.29, 1.82) is 0 Å². The number of nitro benzene ring substituents is 1. The van der Waals surface area contributed by atoms with Gasteiger partial charge in [-0.2, -0.15) is 13.2 Å². The lowest BCUT2D eigenvalue weighted by Gasteiger charge is -2.14. The van der Waals surface area contributed by atoms with Crippen LogP contribution in [-0.4, -0.2) is 32.4 Å². The highest BCUT2D eigenvalue weighted by Gasteiger charge is 2.29. The maximum Gasteiger partial charge on any atom is 0.422 e. The molecule has 0 atom stereocenters. The van der Waals surface area contributed by atoms with Gasteiger partial charge in [0.1, 0.15) is 16.3 Å². The Hall–Kier alpha value is -2.82. The number of hydrogen-bond donors (Lipinski definition) is 1. The van der Waals surface area contributed by atoms with Crippen molar-refractivity contribution in [2.45, 2.75) is 18.0 Å². The first-order chi connectivity index (χ1) is 12.4. The zero-order valence-corrected chi connectivity index (χ0v) is 15.0. The highest BCUT2D eigenvalue weighted by Crippen LogP contribution is 2.35. The lowest BCUT2D eigenvalue weighted by molar-refractivity contribution is -0.386. The third-order valence-corrected chi connectivity index (χ3v) is 4.55. The van der Waals surface area contributed by atoms with Gasteiger partial charge >= 0.3 is 11.9 Å². The van der Waals surface area contributed by atoms with Crippen molar-refractivity contribution in [3.63, 3.8) is 0 Å². The molecule has 2 aromatic carbocycles. The van der Waals surface area contributed by atoms with Crippen LogP contribution in [0.2, 0.25) is 0 Å². The molecular weight excluding hydrogens is 389 g/mol. The molecule has 2 rings (SSSR count). The largest absolute Gasteiger partial charge is 0.484 e. The number of alkyl halides is 3. The zero-order chi connectivity index (χ0) is 20.4. The van der Waals surface area contributed by atoms with E-state index in [0.29, 0.717) is 11.3 Å². The summed E-state index contributed by atoms with van der Waals surface area (Å²) in [4.78, 5) is 10.1. The molecule has 0 aromatic heterocycles. The fraction of sp³-hybridized carbons (Fsp3) is 0.250. The summed E-state index contributed by atoms with van der Waals surface area (Å²) in [7, 11) is -3.84. The average Bonchev–Trinajstić information content (AvgIpc) is 2.52. The molecule has 0 saturated heterocycles. The number of anilines is 2. The van der Waals surface area contributed by atoms with Gasteiger partial charge in [0.25, 0.3) is 0 Å². The molecule has 27 heavy (non-hydrogen) atoms. The number of hydrogen-bond acceptors (Lipinski definition) is 6. The molecule has 0 aliphatic carbocycles. The Kier molecular flexibility index (Phi) is 5.64. The van der Waals surface area contributed by atoms with Crippen molar-refractivity contribution >= 4 is 26.9 Å². The fourth-order valence-corrected chi connectivity index (χ4v) is 3.18. The maximum absolute atomic E-state index is 12.2. The molecule has 1 N–H and O–H groups in total. The molecule has 0 spiro atoms. The van der Waals surface area contributed by atoms with Gasteiger partial charge in [0.15, 0.2) is 16.4 Å². The minimum Gasteiger partial charge on any atom is -0.484 e. The summed E-state index contributed by atoms with van der Waals surface area (Å²) < 4.78 is 65.0. The van der Waals surface area contributed by atoms with Gasteiger partial charge in [-0.25, -0.2) is 8.42 Å². The summed E-state index contributed by atoms with van der Waals surface area (Å²) in [5.41, 5.74) is 0.00752. The van der Waals surface area contributed by atoms with Gasteiger partial charge in [-0.05, 0) is 42.8 Å². The van der Waals surface area contributed by atoms with E-state index < -0.39 is 38.1 Å². The number of nitro groups is 1. The molecule has 0 fully saturated rings. The van der Waals surface area contributed by atoms with Gasteiger partial charge in [0, 0.05) is 11.9 Å². The monoisotopic (exact) mass is 404 g/mol. The second kappa shape index (κ2) is 7.43. The van der Waals surface area contributed by atoms with Crippen molar-refractivity contribution in [3.05, 3.63) is 52.1 Å². The van der Waals surface area contributed by atoms with Crippen LogP contribution in [0.1, 0.15) is 5.56 Å². The number of ether oxygens (including phenoxy) is 1. The van der Waals surface area contributed by atoms with Crippen LogP contribution in [0.5, 0.6) is 5.75 Å². The van der Waals surface area contributed by atoms with Gasteiger partial charge < -0.3 is 10.1 Å². The van der Waals surface area contributed by atoms with Gasteiger partial charge in [0.05, 0.1) is 4.92 Å². The molecule has 0 saturated carbocycles. The smallest absolute Gasteiger partial charge is 0.422 e. The highest BCUT2D eigenvalue weighted by molar-refractivity contribution is 7.90. The SMILES string of the molecule is Cc1cc(Nc2cccc(S(C)(=O)=O)c2[N+](=O)[O-])ccc1OCC(F)(F)F. The second-order valence-corrected chi connectivity index (χ2v) is 7.67. The Bertz CT molecular complexity index is 975. The molecule has 146 valence electrons. The van der Waals surface area contributed by atoms with Crippen molar-refractivity contribution in [2.75, 3.05) is 18.2 Å². The van der Waals surface area contributed by atoms with Crippen molar-refractivity contribution in [2.24, 2.45) is 0 Å². The number of rotatable bonds is 6. The molecule has 0 heterocycles. The number of benzene rings is 2. The predicted molar refractivity (Wildman–Crippen MR) is 92.2 cm³/mol. The van der Waals surface area contributed by atoms with Crippen LogP contribution in [0.25, 0.3) is 0 Å². The van der Waals surface area contributed by atoms with E-state index in [9.17, 15) is 31.7 Å². The van der Waals surface area contributed by atoms with Gasteiger partial charge in [0.2, 0.25) is 0 Å². The van der Waals surface area contributed by atoms with Gasteiger partial charge in [-0.1, -0.05) is 6.07 Å². The third kappa shape index (κ3) is 5.33. The topological polar surface area (TPSA) is 98.5 Å². The standard InChI is InChI=1S/C16H15F3N2O5S/c1-10-8-11(6-7-13(10)26-9-16(17,18)19)20-12-4-3-5-14(27(2,24)25)15(12)21(22)23/h3-8,20H,9H2,1-2H3. The highest BCUT2D eigenvalue weighted by atomic mass is 32.2. The summed E-state index contributed by atoms with van der Waals surface area (Å²) >= 11 is 0. The van der Waals surface area contributed by atoms with Crippen LogP contribution in [0.3, 0.4) is 0 Å². The Balaban J connectivity index is 2.35. The second-order valence-electron chi connectivity index (χ2n) is 5.69. The number of para-hydroxylation sites is 1. The van der Waals surface area contributed by atoms with E-state index >= 15 is 0 Å². The molecule has 0 unspecified atom stereocenters. The van der Waals surface area contributed by atoms with Crippen LogP contribution in [0, 0.1) is 17.0 Å². The van der Waals surface area contributed by atoms with Crippen LogP contribution in [0.4, 0.5) is 30.2 Å². The third-order valence-electron chi connectivity index (χ3n) is 3.43.